The minimum absolute atomic E-state index is 0.0277. The van der Waals surface area contributed by atoms with Crippen molar-refractivity contribution in [3.63, 3.8) is 0 Å². The lowest BCUT2D eigenvalue weighted by Gasteiger charge is -2.19. The SMILES string of the molecule is CO[P@](=O)(c1ccccc1)C(C)C. The maximum atomic E-state index is 12.3. The number of hydrogen-bond donors (Lipinski definition) is 0. The lowest BCUT2D eigenvalue weighted by Crippen LogP contribution is -2.13. The number of rotatable bonds is 3. The summed E-state index contributed by atoms with van der Waals surface area (Å²) in [5.41, 5.74) is 0.0277. The van der Waals surface area contributed by atoms with Crippen molar-refractivity contribution in [2.75, 3.05) is 7.11 Å². The van der Waals surface area contributed by atoms with Crippen molar-refractivity contribution in [1.82, 2.24) is 0 Å². The Bertz CT molecular complexity index is 306. The summed E-state index contributed by atoms with van der Waals surface area (Å²) in [5.74, 6) is 0. The molecule has 0 bridgehead atoms. The van der Waals surface area contributed by atoms with Crippen LogP contribution in [0.3, 0.4) is 0 Å². The summed E-state index contributed by atoms with van der Waals surface area (Å²) in [6.07, 6.45) is 0. The zero-order valence-electron chi connectivity index (χ0n) is 8.23. The van der Waals surface area contributed by atoms with E-state index in [1.54, 1.807) is 0 Å². The Morgan fingerprint density at radius 3 is 2.15 bits per heavy atom. The largest absolute Gasteiger partial charge is 0.328 e. The van der Waals surface area contributed by atoms with Gasteiger partial charge < -0.3 is 4.52 Å². The molecular formula is C10H15O2P. The zero-order valence-corrected chi connectivity index (χ0v) is 9.12. The van der Waals surface area contributed by atoms with E-state index < -0.39 is 7.37 Å². The zero-order chi connectivity index (χ0) is 9.90. The summed E-state index contributed by atoms with van der Waals surface area (Å²) < 4.78 is 17.4. The Labute approximate surface area is 79.4 Å². The minimum Gasteiger partial charge on any atom is -0.328 e. The van der Waals surface area contributed by atoms with Crippen LogP contribution in [0.4, 0.5) is 0 Å². The van der Waals surface area contributed by atoms with Crippen molar-refractivity contribution in [3.05, 3.63) is 30.3 Å². The maximum Gasteiger partial charge on any atom is 0.234 e. The molecule has 0 saturated heterocycles. The molecule has 13 heavy (non-hydrogen) atoms. The molecular weight excluding hydrogens is 183 g/mol. The van der Waals surface area contributed by atoms with E-state index >= 15 is 0 Å². The first kappa shape index (κ1) is 10.5. The lowest BCUT2D eigenvalue weighted by molar-refractivity contribution is 0.396. The smallest absolute Gasteiger partial charge is 0.234 e. The van der Waals surface area contributed by atoms with Crippen molar-refractivity contribution in [2.45, 2.75) is 19.5 Å². The van der Waals surface area contributed by atoms with E-state index in [0.29, 0.717) is 0 Å². The van der Waals surface area contributed by atoms with Gasteiger partial charge in [0.1, 0.15) is 0 Å². The van der Waals surface area contributed by atoms with Crippen molar-refractivity contribution in [2.24, 2.45) is 0 Å². The van der Waals surface area contributed by atoms with Gasteiger partial charge in [-0.3, -0.25) is 4.57 Å². The monoisotopic (exact) mass is 198 g/mol. The van der Waals surface area contributed by atoms with Crippen LogP contribution in [0.15, 0.2) is 30.3 Å². The molecule has 72 valence electrons. The molecule has 0 spiro atoms. The maximum absolute atomic E-state index is 12.3. The lowest BCUT2D eigenvalue weighted by atomic mass is 10.4. The average molecular weight is 198 g/mol. The highest BCUT2D eigenvalue weighted by Gasteiger charge is 2.28. The second-order valence-corrected chi connectivity index (χ2v) is 6.32. The highest BCUT2D eigenvalue weighted by molar-refractivity contribution is 7.67. The van der Waals surface area contributed by atoms with Crippen LogP contribution in [0.1, 0.15) is 13.8 Å². The van der Waals surface area contributed by atoms with Gasteiger partial charge in [0.25, 0.3) is 0 Å². The average Bonchev–Trinajstić information content (AvgIpc) is 2.17. The van der Waals surface area contributed by atoms with Gasteiger partial charge in [0.05, 0.1) is 0 Å². The standard InChI is InChI=1S/C10H15O2P/c1-9(2)13(11,12-3)10-7-5-4-6-8-10/h4-9H,1-3H3/t13-/m0/s1. The summed E-state index contributed by atoms with van der Waals surface area (Å²) in [6, 6.07) is 9.37. The summed E-state index contributed by atoms with van der Waals surface area (Å²) >= 11 is 0. The van der Waals surface area contributed by atoms with E-state index in [9.17, 15) is 4.57 Å². The fourth-order valence-corrected chi connectivity index (χ4v) is 3.07. The Morgan fingerprint density at radius 2 is 1.77 bits per heavy atom. The van der Waals surface area contributed by atoms with Crippen LogP contribution in [0.25, 0.3) is 0 Å². The van der Waals surface area contributed by atoms with Gasteiger partial charge in [0, 0.05) is 18.1 Å². The van der Waals surface area contributed by atoms with Crippen LogP contribution in [0.2, 0.25) is 0 Å². The topological polar surface area (TPSA) is 26.3 Å². The predicted octanol–water partition coefficient (Wildman–Crippen LogP) is 2.64. The molecule has 0 aliphatic rings. The molecule has 0 aliphatic heterocycles. The van der Waals surface area contributed by atoms with E-state index in [1.807, 2.05) is 44.2 Å². The molecule has 0 N–H and O–H groups in total. The molecule has 0 amide bonds. The summed E-state index contributed by atoms with van der Waals surface area (Å²) in [5, 5.41) is 0.799. The number of hydrogen-bond acceptors (Lipinski definition) is 2. The first-order valence-corrected chi connectivity index (χ1v) is 6.01. The molecule has 3 heteroatoms. The normalized spacial score (nSPS) is 15.7. The molecule has 1 aromatic rings. The first-order chi connectivity index (χ1) is 6.11. The van der Waals surface area contributed by atoms with Gasteiger partial charge in [-0.15, -0.1) is 0 Å². The van der Waals surface area contributed by atoms with Gasteiger partial charge in [0.2, 0.25) is 7.37 Å². The van der Waals surface area contributed by atoms with Gasteiger partial charge in [-0.2, -0.15) is 0 Å². The van der Waals surface area contributed by atoms with Crippen molar-refractivity contribution >= 4 is 12.7 Å². The quantitative estimate of drug-likeness (QED) is 0.698. The molecule has 2 nitrogen and oxygen atoms in total. The Morgan fingerprint density at radius 1 is 1.23 bits per heavy atom. The van der Waals surface area contributed by atoms with E-state index in [2.05, 4.69) is 0 Å². The molecule has 1 atom stereocenters. The van der Waals surface area contributed by atoms with Crippen LogP contribution in [0.5, 0.6) is 0 Å². The van der Waals surface area contributed by atoms with Gasteiger partial charge in [0.15, 0.2) is 0 Å². The molecule has 1 rings (SSSR count). The third-order valence-electron chi connectivity index (χ3n) is 2.07. The molecule has 0 fully saturated rings. The van der Waals surface area contributed by atoms with Crippen LogP contribution < -0.4 is 5.30 Å². The molecule has 0 saturated carbocycles. The van der Waals surface area contributed by atoms with E-state index in [4.69, 9.17) is 4.52 Å². The van der Waals surface area contributed by atoms with Gasteiger partial charge in [-0.05, 0) is 12.1 Å². The summed E-state index contributed by atoms with van der Waals surface area (Å²) in [4.78, 5) is 0. The van der Waals surface area contributed by atoms with E-state index in [1.165, 1.54) is 7.11 Å². The predicted molar refractivity (Wildman–Crippen MR) is 55.8 cm³/mol. The van der Waals surface area contributed by atoms with Crippen molar-refractivity contribution in [3.8, 4) is 0 Å². The van der Waals surface area contributed by atoms with Crippen LogP contribution in [-0.2, 0) is 9.09 Å². The second-order valence-electron chi connectivity index (χ2n) is 3.21. The molecule has 0 heterocycles. The Kier molecular flexibility index (Phi) is 3.29. The van der Waals surface area contributed by atoms with E-state index in [0.717, 1.165) is 5.30 Å². The molecule has 0 radical (unpaired) electrons. The molecule has 0 aromatic heterocycles. The third-order valence-corrected chi connectivity index (χ3v) is 4.99. The highest BCUT2D eigenvalue weighted by atomic mass is 31.2. The minimum atomic E-state index is -2.62. The van der Waals surface area contributed by atoms with E-state index in [-0.39, 0.29) is 5.66 Å². The van der Waals surface area contributed by atoms with Gasteiger partial charge in [-0.1, -0.05) is 32.0 Å². The van der Waals surface area contributed by atoms with Crippen LogP contribution in [-0.4, -0.2) is 12.8 Å². The number of benzene rings is 1. The molecule has 0 unspecified atom stereocenters. The van der Waals surface area contributed by atoms with Crippen molar-refractivity contribution in [1.29, 1.82) is 0 Å². The molecule has 1 aromatic carbocycles. The van der Waals surface area contributed by atoms with Crippen molar-refractivity contribution < 1.29 is 9.09 Å². The van der Waals surface area contributed by atoms with Crippen LogP contribution >= 0.6 is 7.37 Å². The Balaban J connectivity index is 3.12. The summed E-state index contributed by atoms with van der Waals surface area (Å²) in [7, 11) is -1.12. The summed E-state index contributed by atoms with van der Waals surface area (Å²) in [6.45, 7) is 3.83. The fraction of sp³-hybridized carbons (Fsp3) is 0.400. The van der Waals surface area contributed by atoms with Crippen LogP contribution in [0, 0.1) is 0 Å². The molecule has 0 aliphatic carbocycles. The third kappa shape index (κ3) is 2.01. The van der Waals surface area contributed by atoms with Gasteiger partial charge in [-0.25, -0.2) is 0 Å². The Hall–Kier alpha value is -0.590. The highest BCUT2D eigenvalue weighted by Crippen LogP contribution is 2.49. The first-order valence-electron chi connectivity index (χ1n) is 4.32. The fourth-order valence-electron chi connectivity index (χ4n) is 1.25. The second kappa shape index (κ2) is 4.08. The van der Waals surface area contributed by atoms with Gasteiger partial charge >= 0.3 is 0 Å².